The molecule has 0 aliphatic carbocycles. The van der Waals surface area contributed by atoms with Gasteiger partial charge >= 0.3 is 0 Å². The Morgan fingerprint density at radius 2 is 1.47 bits per heavy atom. The van der Waals surface area contributed by atoms with Crippen LogP contribution >= 0.6 is 0 Å². The Balaban J connectivity index is 3.77. The number of hydrogen-bond donors (Lipinski definition) is 2. The lowest BCUT2D eigenvalue weighted by Crippen LogP contribution is -2.20. The summed E-state index contributed by atoms with van der Waals surface area (Å²) >= 11 is 0. The summed E-state index contributed by atoms with van der Waals surface area (Å²) < 4.78 is 31.2. The minimum atomic E-state index is -3.95. The normalized spacial score (nSPS) is 13.8. The maximum atomic E-state index is 11.1. The van der Waals surface area contributed by atoms with E-state index in [2.05, 4.69) is 6.92 Å². The van der Waals surface area contributed by atoms with Crippen molar-refractivity contribution in [1.82, 2.24) is 0 Å². The van der Waals surface area contributed by atoms with Gasteiger partial charge in [-0.25, -0.2) is 0 Å². The van der Waals surface area contributed by atoms with E-state index in [4.69, 9.17) is 9.66 Å². The van der Waals surface area contributed by atoms with Crippen molar-refractivity contribution >= 4 is 10.1 Å². The van der Waals surface area contributed by atoms with E-state index in [9.17, 15) is 8.42 Å². The fourth-order valence-electron chi connectivity index (χ4n) is 1.91. The Bertz CT molecular complexity index is 262. The minimum Gasteiger partial charge on any atom is -0.396 e. The summed E-state index contributed by atoms with van der Waals surface area (Å²) in [5.74, 6) is 0. The SMILES string of the molecule is CCCCCCCCC(CCCO)S(=O)(=O)O. The van der Waals surface area contributed by atoms with Crippen molar-refractivity contribution in [3.05, 3.63) is 0 Å². The van der Waals surface area contributed by atoms with Crippen LogP contribution in [0.3, 0.4) is 0 Å². The molecule has 0 aliphatic heterocycles. The van der Waals surface area contributed by atoms with Gasteiger partial charge in [-0.2, -0.15) is 8.42 Å². The molecular formula is C12H26O4S. The largest absolute Gasteiger partial charge is 0.396 e. The highest BCUT2D eigenvalue weighted by atomic mass is 32.2. The fraction of sp³-hybridized carbons (Fsp3) is 1.00. The average Bonchev–Trinajstić information content (AvgIpc) is 2.25. The number of unbranched alkanes of at least 4 members (excludes halogenated alkanes) is 5. The second-order valence-electron chi connectivity index (χ2n) is 4.56. The molecule has 0 heterocycles. The van der Waals surface area contributed by atoms with Gasteiger partial charge < -0.3 is 5.11 Å². The van der Waals surface area contributed by atoms with Gasteiger partial charge in [-0.3, -0.25) is 4.55 Å². The third-order valence-electron chi connectivity index (χ3n) is 2.99. The van der Waals surface area contributed by atoms with Crippen LogP contribution in [0.2, 0.25) is 0 Å². The molecule has 0 aliphatic rings. The molecule has 0 fully saturated rings. The van der Waals surface area contributed by atoms with Crippen LogP contribution < -0.4 is 0 Å². The number of aliphatic hydroxyl groups excluding tert-OH is 1. The van der Waals surface area contributed by atoms with Crippen molar-refractivity contribution in [3.63, 3.8) is 0 Å². The number of hydrogen-bond acceptors (Lipinski definition) is 3. The van der Waals surface area contributed by atoms with Crippen LogP contribution in [0, 0.1) is 0 Å². The van der Waals surface area contributed by atoms with Gasteiger partial charge in [-0.05, 0) is 19.3 Å². The second kappa shape index (κ2) is 9.85. The van der Waals surface area contributed by atoms with Crippen LogP contribution in [0.15, 0.2) is 0 Å². The molecule has 5 heteroatoms. The summed E-state index contributed by atoms with van der Waals surface area (Å²) in [6.07, 6.45) is 7.90. The van der Waals surface area contributed by atoms with E-state index < -0.39 is 15.4 Å². The van der Waals surface area contributed by atoms with Crippen molar-refractivity contribution in [2.75, 3.05) is 6.61 Å². The lowest BCUT2D eigenvalue weighted by molar-refractivity contribution is 0.281. The summed E-state index contributed by atoms with van der Waals surface area (Å²) in [6, 6.07) is 0. The van der Waals surface area contributed by atoms with E-state index in [1.165, 1.54) is 19.3 Å². The molecule has 104 valence electrons. The third-order valence-corrected chi connectivity index (χ3v) is 4.30. The molecule has 0 saturated heterocycles. The second-order valence-corrected chi connectivity index (χ2v) is 6.26. The summed E-state index contributed by atoms with van der Waals surface area (Å²) in [6.45, 7) is 2.13. The maximum absolute atomic E-state index is 11.1. The van der Waals surface area contributed by atoms with Crippen LogP contribution in [0.5, 0.6) is 0 Å². The third kappa shape index (κ3) is 9.56. The van der Waals surface area contributed by atoms with E-state index in [1.54, 1.807) is 0 Å². The van der Waals surface area contributed by atoms with Crippen LogP contribution in [-0.2, 0) is 10.1 Å². The summed E-state index contributed by atoms with van der Waals surface area (Å²) in [4.78, 5) is 0. The molecule has 17 heavy (non-hydrogen) atoms. The smallest absolute Gasteiger partial charge is 0.267 e. The van der Waals surface area contributed by atoms with Gasteiger partial charge in [0, 0.05) is 6.61 Å². The molecule has 0 rings (SSSR count). The Kier molecular flexibility index (Phi) is 9.78. The molecular weight excluding hydrogens is 240 g/mol. The fourth-order valence-corrected chi connectivity index (χ4v) is 2.84. The van der Waals surface area contributed by atoms with Gasteiger partial charge in [-0.15, -0.1) is 0 Å². The minimum absolute atomic E-state index is 0.0253. The van der Waals surface area contributed by atoms with Crippen molar-refractivity contribution in [1.29, 1.82) is 0 Å². The molecule has 2 N–H and O–H groups in total. The first-order chi connectivity index (χ1) is 8.02. The van der Waals surface area contributed by atoms with E-state index in [0.29, 0.717) is 19.3 Å². The molecule has 0 saturated carbocycles. The van der Waals surface area contributed by atoms with Crippen molar-refractivity contribution in [2.24, 2.45) is 0 Å². The van der Waals surface area contributed by atoms with Gasteiger partial charge in [-0.1, -0.05) is 45.4 Å². The van der Waals surface area contributed by atoms with Crippen molar-refractivity contribution in [2.45, 2.75) is 70.0 Å². The molecule has 0 aromatic heterocycles. The molecule has 1 unspecified atom stereocenters. The molecule has 1 atom stereocenters. The molecule has 0 spiro atoms. The predicted molar refractivity (Wildman–Crippen MR) is 69.6 cm³/mol. The molecule has 0 aromatic rings. The van der Waals surface area contributed by atoms with Gasteiger partial charge in [0.15, 0.2) is 0 Å². The van der Waals surface area contributed by atoms with Crippen LogP contribution in [0.25, 0.3) is 0 Å². The number of rotatable bonds is 11. The molecule has 0 aromatic carbocycles. The van der Waals surface area contributed by atoms with E-state index >= 15 is 0 Å². The molecule has 0 amide bonds. The number of aliphatic hydroxyl groups is 1. The van der Waals surface area contributed by atoms with Crippen LogP contribution in [0.1, 0.15) is 64.7 Å². The Hall–Kier alpha value is -0.130. The van der Waals surface area contributed by atoms with Crippen molar-refractivity contribution < 1.29 is 18.1 Å². The first kappa shape index (κ1) is 16.9. The van der Waals surface area contributed by atoms with E-state index in [0.717, 1.165) is 19.3 Å². The summed E-state index contributed by atoms with van der Waals surface area (Å²) in [5, 5.41) is 7.98. The van der Waals surface area contributed by atoms with E-state index in [1.807, 2.05) is 0 Å². The van der Waals surface area contributed by atoms with Crippen molar-refractivity contribution in [3.8, 4) is 0 Å². The quantitative estimate of drug-likeness (QED) is 0.445. The molecule has 4 nitrogen and oxygen atoms in total. The summed E-state index contributed by atoms with van der Waals surface area (Å²) in [7, 11) is -3.95. The predicted octanol–water partition coefficient (Wildman–Crippen LogP) is 2.77. The highest BCUT2D eigenvalue weighted by Gasteiger charge is 2.21. The van der Waals surface area contributed by atoms with Gasteiger partial charge in [0.1, 0.15) is 0 Å². The maximum Gasteiger partial charge on any atom is 0.267 e. The monoisotopic (exact) mass is 266 g/mol. The summed E-state index contributed by atoms with van der Waals surface area (Å²) in [5.41, 5.74) is 0. The zero-order valence-electron chi connectivity index (χ0n) is 10.8. The molecule has 0 bridgehead atoms. The zero-order valence-corrected chi connectivity index (χ0v) is 11.6. The average molecular weight is 266 g/mol. The lowest BCUT2D eigenvalue weighted by atomic mass is 10.1. The molecule has 0 radical (unpaired) electrons. The van der Waals surface area contributed by atoms with E-state index in [-0.39, 0.29) is 6.61 Å². The zero-order chi connectivity index (χ0) is 13.1. The van der Waals surface area contributed by atoms with Crippen LogP contribution in [-0.4, -0.2) is 29.9 Å². The Morgan fingerprint density at radius 3 is 2.00 bits per heavy atom. The Morgan fingerprint density at radius 1 is 0.941 bits per heavy atom. The topological polar surface area (TPSA) is 74.6 Å². The highest BCUT2D eigenvalue weighted by Crippen LogP contribution is 2.16. The van der Waals surface area contributed by atoms with Gasteiger partial charge in [0.05, 0.1) is 5.25 Å². The lowest BCUT2D eigenvalue weighted by Gasteiger charge is -2.12. The van der Waals surface area contributed by atoms with Crippen LogP contribution in [0.4, 0.5) is 0 Å². The highest BCUT2D eigenvalue weighted by molar-refractivity contribution is 7.86. The Labute approximate surface area is 105 Å². The van der Waals surface area contributed by atoms with Gasteiger partial charge in [0.25, 0.3) is 10.1 Å². The van der Waals surface area contributed by atoms with Gasteiger partial charge in [0.2, 0.25) is 0 Å². The first-order valence-corrected chi connectivity index (χ1v) is 8.09. The standard InChI is InChI=1S/C12H26O4S/c1-2-3-4-5-6-7-9-12(10-8-11-13)17(14,15)16/h12-13H,2-11H2,1H3,(H,14,15,16). The first-order valence-electron chi connectivity index (χ1n) is 6.59.